The highest BCUT2D eigenvalue weighted by atomic mass is 16.1. The van der Waals surface area contributed by atoms with Crippen molar-refractivity contribution in [3.05, 3.63) is 29.5 Å². The predicted molar refractivity (Wildman–Crippen MR) is 87.1 cm³/mol. The Morgan fingerprint density at radius 3 is 2.64 bits per heavy atom. The summed E-state index contributed by atoms with van der Waals surface area (Å²) < 4.78 is 1.83. The molecule has 0 aliphatic carbocycles. The van der Waals surface area contributed by atoms with Gasteiger partial charge in [-0.25, -0.2) is 0 Å². The number of amides is 1. The molecule has 1 heterocycles. The summed E-state index contributed by atoms with van der Waals surface area (Å²) in [5, 5.41) is 4.97. The Bertz CT molecular complexity index is 703. The average Bonchev–Trinajstić information content (AvgIpc) is 2.87. The molecular formula is C17H23N3O2. The summed E-state index contributed by atoms with van der Waals surface area (Å²) >= 11 is 0. The number of aromatic nitrogens is 2. The third-order valence-electron chi connectivity index (χ3n) is 3.99. The normalized spacial score (nSPS) is 12.5. The highest BCUT2D eigenvalue weighted by Crippen LogP contribution is 2.27. The molecule has 2 rings (SSSR count). The fraction of sp³-hybridized carbons (Fsp3) is 0.471. The standard InChI is InChI=1S/C17H23N3O2/c1-4-5-6-8-11(2)20-14-10-7-9-13(12(3)21)15(14)16(19-20)17(18)22/h7,9-11H,4-6,8H2,1-3H3,(H2,18,22). The van der Waals surface area contributed by atoms with Crippen LogP contribution in [0.4, 0.5) is 0 Å². The van der Waals surface area contributed by atoms with Gasteiger partial charge in [0.15, 0.2) is 11.5 Å². The minimum Gasteiger partial charge on any atom is -0.364 e. The summed E-state index contributed by atoms with van der Waals surface area (Å²) in [6.07, 6.45) is 4.42. The summed E-state index contributed by atoms with van der Waals surface area (Å²) in [4.78, 5) is 23.6. The molecule has 118 valence electrons. The molecule has 1 aromatic carbocycles. The van der Waals surface area contributed by atoms with Crippen LogP contribution in [0.3, 0.4) is 0 Å². The van der Waals surface area contributed by atoms with Gasteiger partial charge in [0.25, 0.3) is 5.91 Å². The van der Waals surface area contributed by atoms with Crippen molar-refractivity contribution >= 4 is 22.6 Å². The smallest absolute Gasteiger partial charge is 0.269 e. The van der Waals surface area contributed by atoms with Crippen LogP contribution in [0, 0.1) is 0 Å². The number of hydrogen-bond donors (Lipinski definition) is 1. The van der Waals surface area contributed by atoms with E-state index < -0.39 is 5.91 Å². The number of ketones is 1. The third-order valence-corrected chi connectivity index (χ3v) is 3.99. The summed E-state index contributed by atoms with van der Waals surface area (Å²) in [5.74, 6) is -0.690. The molecule has 1 amide bonds. The number of hydrogen-bond acceptors (Lipinski definition) is 3. The molecule has 0 saturated carbocycles. The molecule has 0 aliphatic heterocycles. The quantitative estimate of drug-likeness (QED) is 0.628. The second kappa shape index (κ2) is 6.73. The first-order chi connectivity index (χ1) is 10.5. The van der Waals surface area contributed by atoms with Crippen molar-refractivity contribution in [3.8, 4) is 0 Å². The summed E-state index contributed by atoms with van der Waals surface area (Å²) in [6.45, 7) is 5.73. The fourth-order valence-electron chi connectivity index (χ4n) is 2.81. The molecule has 0 radical (unpaired) electrons. The number of rotatable bonds is 7. The molecule has 22 heavy (non-hydrogen) atoms. The molecule has 0 fully saturated rings. The van der Waals surface area contributed by atoms with E-state index in [0.29, 0.717) is 10.9 Å². The second-order valence-electron chi connectivity index (χ2n) is 5.76. The van der Waals surface area contributed by atoms with Gasteiger partial charge in [-0.15, -0.1) is 0 Å². The number of nitrogens with two attached hydrogens (primary N) is 1. The Morgan fingerprint density at radius 1 is 1.32 bits per heavy atom. The Kier molecular flexibility index (Phi) is 4.96. The molecule has 1 atom stereocenters. The number of fused-ring (bicyclic) bond motifs is 1. The predicted octanol–water partition coefficient (Wildman–Crippen LogP) is 3.48. The molecule has 5 nitrogen and oxygen atoms in total. The lowest BCUT2D eigenvalue weighted by Gasteiger charge is -2.13. The first kappa shape index (κ1) is 16.2. The van der Waals surface area contributed by atoms with Crippen LogP contribution >= 0.6 is 0 Å². The second-order valence-corrected chi connectivity index (χ2v) is 5.76. The van der Waals surface area contributed by atoms with Crippen molar-refractivity contribution in [3.63, 3.8) is 0 Å². The van der Waals surface area contributed by atoms with Crippen LogP contribution in [-0.2, 0) is 0 Å². The Morgan fingerprint density at radius 2 is 2.05 bits per heavy atom. The average molecular weight is 301 g/mol. The summed E-state index contributed by atoms with van der Waals surface area (Å²) in [7, 11) is 0. The number of carbonyl (C=O) groups is 2. The Hall–Kier alpha value is -2.17. The van der Waals surface area contributed by atoms with Gasteiger partial charge in [0.05, 0.1) is 5.52 Å². The number of unbranched alkanes of at least 4 members (excludes halogenated alkanes) is 2. The molecule has 0 bridgehead atoms. The van der Waals surface area contributed by atoms with Crippen molar-refractivity contribution in [2.45, 2.75) is 52.5 Å². The minimum atomic E-state index is -0.599. The van der Waals surface area contributed by atoms with Crippen LogP contribution in [0.15, 0.2) is 18.2 Å². The van der Waals surface area contributed by atoms with E-state index in [4.69, 9.17) is 5.73 Å². The van der Waals surface area contributed by atoms with Crippen molar-refractivity contribution in [2.24, 2.45) is 5.73 Å². The Labute approximate surface area is 130 Å². The van der Waals surface area contributed by atoms with Crippen LogP contribution in [0.2, 0.25) is 0 Å². The largest absolute Gasteiger partial charge is 0.364 e. The molecule has 0 aliphatic rings. The zero-order chi connectivity index (χ0) is 16.3. The van der Waals surface area contributed by atoms with Crippen molar-refractivity contribution in [1.82, 2.24) is 9.78 Å². The van der Waals surface area contributed by atoms with Crippen LogP contribution in [0.25, 0.3) is 10.9 Å². The lowest BCUT2D eigenvalue weighted by Crippen LogP contribution is -2.14. The van der Waals surface area contributed by atoms with Crippen LogP contribution in [0.1, 0.15) is 73.3 Å². The summed E-state index contributed by atoms with van der Waals surface area (Å²) in [5.41, 5.74) is 6.94. The van der Waals surface area contributed by atoms with E-state index >= 15 is 0 Å². The van der Waals surface area contributed by atoms with Gasteiger partial charge in [0, 0.05) is 17.0 Å². The van der Waals surface area contributed by atoms with E-state index in [2.05, 4.69) is 18.9 Å². The van der Waals surface area contributed by atoms with Gasteiger partial charge in [0.2, 0.25) is 0 Å². The molecule has 5 heteroatoms. The van der Waals surface area contributed by atoms with Gasteiger partial charge < -0.3 is 5.73 Å². The third kappa shape index (κ3) is 3.03. The lowest BCUT2D eigenvalue weighted by molar-refractivity contribution is 0.0995. The van der Waals surface area contributed by atoms with Gasteiger partial charge in [0.1, 0.15) is 0 Å². The van der Waals surface area contributed by atoms with E-state index in [1.165, 1.54) is 13.3 Å². The maximum Gasteiger partial charge on any atom is 0.269 e. The van der Waals surface area contributed by atoms with E-state index in [1.54, 1.807) is 6.07 Å². The highest BCUT2D eigenvalue weighted by Gasteiger charge is 2.21. The molecule has 2 N–H and O–H groups in total. The molecule has 0 spiro atoms. The van der Waals surface area contributed by atoms with Gasteiger partial charge in [-0.05, 0) is 26.3 Å². The maximum atomic E-state index is 11.8. The first-order valence-corrected chi connectivity index (χ1v) is 7.79. The van der Waals surface area contributed by atoms with E-state index in [1.807, 2.05) is 16.8 Å². The van der Waals surface area contributed by atoms with Crippen LogP contribution in [0.5, 0.6) is 0 Å². The zero-order valence-corrected chi connectivity index (χ0v) is 13.4. The SMILES string of the molecule is CCCCCC(C)n1nc(C(N)=O)c2c(C(C)=O)cccc21. The maximum absolute atomic E-state index is 11.8. The van der Waals surface area contributed by atoms with E-state index in [-0.39, 0.29) is 17.5 Å². The fourth-order valence-corrected chi connectivity index (χ4v) is 2.81. The monoisotopic (exact) mass is 301 g/mol. The van der Waals surface area contributed by atoms with Crippen molar-refractivity contribution in [1.29, 1.82) is 0 Å². The Balaban J connectivity index is 2.54. The van der Waals surface area contributed by atoms with Crippen LogP contribution < -0.4 is 5.73 Å². The van der Waals surface area contributed by atoms with Gasteiger partial charge in [-0.2, -0.15) is 5.10 Å². The number of primary amides is 1. The van der Waals surface area contributed by atoms with Crippen molar-refractivity contribution in [2.75, 3.05) is 0 Å². The molecule has 1 unspecified atom stereocenters. The number of benzene rings is 1. The van der Waals surface area contributed by atoms with Gasteiger partial charge in [-0.3, -0.25) is 14.3 Å². The lowest BCUT2D eigenvalue weighted by atomic mass is 10.0. The van der Waals surface area contributed by atoms with Crippen LogP contribution in [-0.4, -0.2) is 21.5 Å². The molecule has 2 aromatic rings. The van der Waals surface area contributed by atoms with Gasteiger partial charge >= 0.3 is 0 Å². The molecule has 1 aromatic heterocycles. The number of carbonyl (C=O) groups excluding carboxylic acids is 2. The van der Waals surface area contributed by atoms with Crippen molar-refractivity contribution < 1.29 is 9.59 Å². The molecule has 0 saturated heterocycles. The zero-order valence-electron chi connectivity index (χ0n) is 13.4. The van der Waals surface area contributed by atoms with Gasteiger partial charge in [-0.1, -0.05) is 38.3 Å². The minimum absolute atomic E-state index is 0.0914. The topological polar surface area (TPSA) is 78.0 Å². The van der Waals surface area contributed by atoms with E-state index in [9.17, 15) is 9.59 Å². The summed E-state index contributed by atoms with van der Waals surface area (Å²) in [6, 6.07) is 5.58. The number of Topliss-reactive ketones (excluding diaryl/α,β-unsaturated/α-hetero) is 1. The molecular weight excluding hydrogens is 278 g/mol. The number of nitrogens with zero attached hydrogens (tertiary/aromatic N) is 2. The highest BCUT2D eigenvalue weighted by molar-refractivity contribution is 6.14. The first-order valence-electron chi connectivity index (χ1n) is 7.79. The van der Waals surface area contributed by atoms with E-state index in [0.717, 1.165) is 24.8 Å².